The third-order valence-corrected chi connectivity index (χ3v) is 6.06. The van der Waals surface area contributed by atoms with Crippen LogP contribution in [0.2, 0.25) is 10.0 Å². The molecule has 4 aromatic rings. The van der Waals surface area contributed by atoms with Gasteiger partial charge in [-0.05, 0) is 54.5 Å². The summed E-state index contributed by atoms with van der Waals surface area (Å²) >= 11 is 12.3. The highest BCUT2D eigenvalue weighted by molar-refractivity contribution is 6.42. The Kier molecular flexibility index (Phi) is 5.83. The highest BCUT2D eigenvalue weighted by Gasteiger charge is 2.14. The fraction of sp³-hybridized carbons (Fsp3) is 0.0769. The third kappa shape index (κ3) is 4.07. The zero-order valence-corrected chi connectivity index (χ0v) is 18.2. The minimum atomic E-state index is 0.512. The third-order valence-electron chi connectivity index (χ3n) is 5.32. The van der Waals surface area contributed by atoms with Crippen LogP contribution in [0.25, 0.3) is 22.6 Å². The predicted octanol–water partition coefficient (Wildman–Crippen LogP) is 7.24. The molecule has 0 aliphatic heterocycles. The molecule has 5 heteroatoms. The summed E-state index contributed by atoms with van der Waals surface area (Å²) in [5.41, 5.74) is 5.89. The minimum absolute atomic E-state index is 0.512. The van der Waals surface area contributed by atoms with Crippen molar-refractivity contribution in [2.75, 3.05) is 0 Å². The van der Waals surface area contributed by atoms with Gasteiger partial charge in [-0.3, -0.25) is 0 Å². The van der Waals surface area contributed by atoms with Gasteiger partial charge in [-0.2, -0.15) is 10.5 Å². The maximum atomic E-state index is 9.83. The van der Waals surface area contributed by atoms with Gasteiger partial charge in [0.05, 0.1) is 33.3 Å². The number of benzene rings is 3. The van der Waals surface area contributed by atoms with Crippen LogP contribution >= 0.6 is 23.2 Å². The maximum Gasteiger partial charge on any atom is 0.0998 e. The van der Waals surface area contributed by atoms with Crippen molar-refractivity contribution in [3.05, 3.63) is 105 Å². The Morgan fingerprint density at radius 2 is 1.77 bits per heavy atom. The monoisotopic (exact) mass is 441 g/mol. The summed E-state index contributed by atoms with van der Waals surface area (Å²) < 4.78 is 2.21. The molecule has 0 aliphatic rings. The number of hydrogen-bond acceptors (Lipinski definition) is 2. The van der Waals surface area contributed by atoms with E-state index in [1.807, 2.05) is 43.3 Å². The van der Waals surface area contributed by atoms with Gasteiger partial charge in [0.1, 0.15) is 0 Å². The molecule has 0 atom stereocenters. The molecule has 0 spiro atoms. The Bertz CT molecular complexity index is 1420. The molecule has 1 aromatic heterocycles. The lowest BCUT2D eigenvalue weighted by Crippen LogP contribution is -2.02. The number of para-hydroxylation sites is 1. The second kappa shape index (κ2) is 8.70. The molecule has 3 aromatic carbocycles. The molecule has 0 saturated carbocycles. The summed E-state index contributed by atoms with van der Waals surface area (Å²) in [5.74, 6) is 0. The Morgan fingerprint density at radius 1 is 0.968 bits per heavy atom. The smallest absolute Gasteiger partial charge is 0.0998 e. The number of rotatable bonds is 4. The van der Waals surface area contributed by atoms with Gasteiger partial charge >= 0.3 is 0 Å². The first-order chi connectivity index (χ1) is 15.0. The van der Waals surface area contributed by atoms with Crippen molar-refractivity contribution in [2.45, 2.75) is 13.5 Å². The molecule has 0 fully saturated rings. The van der Waals surface area contributed by atoms with Gasteiger partial charge in [0, 0.05) is 28.7 Å². The van der Waals surface area contributed by atoms with Gasteiger partial charge in [0.2, 0.25) is 0 Å². The summed E-state index contributed by atoms with van der Waals surface area (Å²) in [6, 6.07) is 25.3. The van der Waals surface area contributed by atoms with Crippen LogP contribution in [0.15, 0.2) is 66.7 Å². The van der Waals surface area contributed by atoms with E-state index in [9.17, 15) is 10.5 Å². The first kappa shape index (κ1) is 20.8. The standard InChI is InChI=1S/C26H17Cl2N3/c1-17-23(13-21(15-30)20-6-4-5-18(11-20)14-29)22-7-2-3-8-26(22)31(17)16-19-9-10-24(27)25(28)12-19/h2-13H,16H2,1H3. The highest BCUT2D eigenvalue weighted by Crippen LogP contribution is 2.31. The molecule has 0 saturated heterocycles. The van der Waals surface area contributed by atoms with E-state index in [1.165, 1.54) is 0 Å². The Labute approximate surface area is 191 Å². The number of nitrogens with zero attached hydrogens (tertiary/aromatic N) is 3. The van der Waals surface area contributed by atoms with Crippen LogP contribution in [-0.4, -0.2) is 4.57 Å². The van der Waals surface area contributed by atoms with Crippen molar-refractivity contribution in [3.8, 4) is 12.1 Å². The van der Waals surface area contributed by atoms with Crippen molar-refractivity contribution in [1.82, 2.24) is 4.57 Å². The van der Waals surface area contributed by atoms with E-state index < -0.39 is 0 Å². The van der Waals surface area contributed by atoms with E-state index in [0.717, 1.165) is 33.3 Å². The highest BCUT2D eigenvalue weighted by atomic mass is 35.5. The summed E-state index contributed by atoms with van der Waals surface area (Å²) in [6.07, 6.45) is 1.90. The van der Waals surface area contributed by atoms with Crippen LogP contribution in [0.4, 0.5) is 0 Å². The van der Waals surface area contributed by atoms with Crippen molar-refractivity contribution < 1.29 is 0 Å². The SMILES string of the molecule is Cc1c(C=C(C#N)c2cccc(C#N)c2)c2ccccc2n1Cc1ccc(Cl)c(Cl)c1. The fourth-order valence-corrected chi connectivity index (χ4v) is 4.07. The average Bonchev–Trinajstić information content (AvgIpc) is 3.05. The van der Waals surface area contributed by atoms with E-state index >= 15 is 0 Å². The molecule has 0 bridgehead atoms. The van der Waals surface area contributed by atoms with Gasteiger partial charge in [-0.15, -0.1) is 0 Å². The quantitative estimate of drug-likeness (QED) is 0.313. The summed E-state index contributed by atoms with van der Waals surface area (Å²) in [5, 5.41) is 21.1. The fourth-order valence-electron chi connectivity index (χ4n) is 3.75. The van der Waals surface area contributed by atoms with Gasteiger partial charge < -0.3 is 4.57 Å². The summed E-state index contributed by atoms with van der Waals surface area (Å²) in [7, 11) is 0. The van der Waals surface area contributed by atoms with Gasteiger partial charge in [-0.1, -0.05) is 59.6 Å². The number of allylic oxidation sites excluding steroid dienone is 1. The van der Waals surface area contributed by atoms with Crippen LogP contribution in [0.5, 0.6) is 0 Å². The van der Waals surface area contributed by atoms with Gasteiger partial charge in [-0.25, -0.2) is 0 Å². The second-order valence-electron chi connectivity index (χ2n) is 7.21. The molecule has 0 radical (unpaired) electrons. The van der Waals surface area contributed by atoms with E-state index in [-0.39, 0.29) is 0 Å². The molecular weight excluding hydrogens is 425 g/mol. The summed E-state index contributed by atoms with van der Waals surface area (Å²) in [6.45, 7) is 2.67. The Morgan fingerprint density at radius 3 is 2.52 bits per heavy atom. The van der Waals surface area contributed by atoms with Crippen LogP contribution in [-0.2, 0) is 6.54 Å². The van der Waals surface area contributed by atoms with Crippen LogP contribution in [0, 0.1) is 29.6 Å². The number of aromatic nitrogens is 1. The predicted molar refractivity (Wildman–Crippen MR) is 127 cm³/mol. The molecule has 4 rings (SSSR count). The zero-order valence-electron chi connectivity index (χ0n) is 16.7. The Balaban J connectivity index is 1.86. The second-order valence-corrected chi connectivity index (χ2v) is 8.03. The molecule has 0 unspecified atom stereocenters. The molecule has 0 amide bonds. The minimum Gasteiger partial charge on any atom is -0.340 e. The largest absolute Gasteiger partial charge is 0.340 e. The number of halogens is 2. The first-order valence-electron chi connectivity index (χ1n) is 9.66. The average molecular weight is 442 g/mol. The number of fused-ring (bicyclic) bond motifs is 1. The molecule has 3 nitrogen and oxygen atoms in total. The van der Waals surface area contributed by atoms with Gasteiger partial charge in [0.15, 0.2) is 0 Å². The molecule has 0 N–H and O–H groups in total. The van der Waals surface area contributed by atoms with Gasteiger partial charge in [0.25, 0.3) is 0 Å². The molecule has 31 heavy (non-hydrogen) atoms. The van der Waals surface area contributed by atoms with Crippen LogP contribution in [0.3, 0.4) is 0 Å². The van der Waals surface area contributed by atoms with Crippen LogP contribution < -0.4 is 0 Å². The topological polar surface area (TPSA) is 52.5 Å². The lowest BCUT2D eigenvalue weighted by Gasteiger charge is -2.10. The molecular formula is C26H17Cl2N3. The van der Waals surface area contributed by atoms with Crippen molar-refractivity contribution in [3.63, 3.8) is 0 Å². The number of nitriles is 2. The molecule has 0 aliphatic carbocycles. The normalized spacial score (nSPS) is 11.3. The zero-order chi connectivity index (χ0) is 22.0. The lowest BCUT2D eigenvalue weighted by atomic mass is 10.0. The van der Waals surface area contributed by atoms with Crippen molar-refractivity contribution in [2.24, 2.45) is 0 Å². The van der Waals surface area contributed by atoms with E-state index in [0.29, 0.717) is 27.7 Å². The first-order valence-corrected chi connectivity index (χ1v) is 10.4. The number of hydrogen-bond donors (Lipinski definition) is 0. The van der Waals surface area contributed by atoms with E-state index in [4.69, 9.17) is 23.2 Å². The van der Waals surface area contributed by atoms with E-state index in [2.05, 4.69) is 28.8 Å². The molecule has 150 valence electrons. The maximum absolute atomic E-state index is 9.83. The lowest BCUT2D eigenvalue weighted by molar-refractivity contribution is 0.804. The van der Waals surface area contributed by atoms with E-state index in [1.54, 1.807) is 24.3 Å². The summed E-state index contributed by atoms with van der Waals surface area (Å²) in [4.78, 5) is 0. The Hall–Kier alpha value is -3.50. The van der Waals surface area contributed by atoms with Crippen molar-refractivity contribution in [1.29, 1.82) is 10.5 Å². The van der Waals surface area contributed by atoms with Crippen molar-refractivity contribution >= 4 is 45.8 Å². The van der Waals surface area contributed by atoms with Crippen LogP contribution in [0.1, 0.15) is 27.9 Å². The molecule has 1 heterocycles.